The van der Waals surface area contributed by atoms with Gasteiger partial charge in [-0.2, -0.15) is 0 Å². The van der Waals surface area contributed by atoms with E-state index in [9.17, 15) is 9.59 Å². The van der Waals surface area contributed by atoms with Crippen LogP contribution in [0.1, 0.15) is 21.1 Å². The maximum absolute atomic E-state index is 11.9. The molecule has 4 atom stereocenters. The van der Waals surface area contributed by atoms with Gasteiger partial charge in [0.1, 0.15) is 12.2 Å². The zero-order valence-electron chi connectivity index (χ0n) is 12.5. The summed E-state index contributed by atoms with van der Waals surface area (Å²) in [5.41, 5.74) is 0. The van der Waals surface area contributed by atoms with Crippen molar-refractivity contribution in [3.63, 3.8) is 0 Å². The number of ether oxygens (including phenoxy) is 4. The van der Waals surface area contributed by atoms with Gasteiger partial charge in [-0.3, -0.25) is 0 Å². The van der Waals surface area contributed by atoms with Crippen molar-refractivity contribution in [1.29, 1.82) is 0 Å². The maximum atomic E-state index is 11.9. The molecule has 0 aromatic carbocycles. The molecule has 0 radical (unpaired) electrons. The predicted octanol–water partition coefficient (Wildman–Crippen LogP) is 1.42. The van der Waals surface area contributed by atoms with Gasteiger partial charge in [0.05, 0.1) is 25.7 Å². The van der Waals surface area contributed by atoms with E-state index in [0.29, 0.717) is 0 Å². The van der Waals surface area contributed by atoms with Crippen LogP contribution in [0.2, 0.25) is 0 Å². The molecular weight excluding hydrogens is 320 g/mol. The van der Waals surface area contributed by atoms with Gasteiger partial charge in [0.25, 0.3) is 0 Å². The van der Waals surface area contributed by atoms with Crippen LogP contribution in [0.3, 0.4) is 0 Å². The Balaban J connectivity index is 1.37. The van der Waals surface area contributed by atoms with Crippen LogP contribution < -0.4 is 0 Å². The summed E-state index contributed by atoms with van der Waals surface area (Å²) in [6, 6.07) is 6.22. The van der Waals surface area contributed by atoms with E-state index in [2.05, 4.69) is 0 Å². The molecule has 2 saturated heterocycles. The number of rotatable bonds is 4. The van der Waals surface area contributed by atoms with E-state index in [4.69, 9.17) is 27.8 Å². The SMILES string of the molecule is O=C(O[C@H]1CO[C@H]2[C@@H]1OC[C@H]2OC(=O)c1ccco1)c1ccco1. The molecule has 126 valence electrons. The third-order valence-electron chi connectivity index (χ3n) is 3.92. The van der Waals surface area contributed by atoms with Crippen molar-refractivity contribution in [2.75, 3.05) is 13.2 Å². The summed E-state index contributed by atoms with van der Waals surface area (Å²) in [5, 5.41) is 0. The summed E-state index contributed by atoms with van der Waals surface area (Å²) < 4.78 is 31.9. The first-order valence-corrected chi connectivity index (χ1v) is 7.44. The van der Waals surface area contributed by atoms with E-state index in [1.54, 1.807) is 12.1 Å². The van der Waals surface area contributed by atoms with Gasteiger partial charge >= 0.3 is 11.9 Å². The van der Waals surface area contributed by atoms with E-state index in [1.807, 2.05) is 0 Å². The molecule has 24 heavy (non-hydrogen) atoms. The van der Waals surface area contributed by atoms with Crippen molar-refractivity contribution in [1.82, 2.24) is 0 Å². The standard InChI is InChI=1S/C16H14O8/c17-15(9-3-1-5-19-9)23-11-7-21-14-12(8-22-13(11)14)24-16(18)10-4-2-6-20-10/h1-6,11-14H,7-8H2/t11-,12+,13-,14-/m1/s1. The van der Waals surface area contributed by atoms with Crippen molar-refractivity contribution >= 4 is 11.9 Å². The van der Waals surface area contributed by atoms with E-state index >= 15 is 0 Å². The summed E-state index contributed by atoms with van der Waals surface area (Å²) in [4.78, 5) is 23.9. The Bertz CT molecular complexity index is 642. The van der Waals surface area contributed by atoms with Gasteiger partial charge in [-0.25, -0.2) is 9.59 Å². The zero-order chi connectivity index (χ0) is 16.5. The van der Waals surface area contributed by atoms with Crippen LogP contribution in [-0.2, 0) is 18.9 Å². The molecule has 0 aliphatic carbocycles. The third kappa shape index (κ3) is 2.70. The Morgan fingerprint density at radius 1 is 0.833 bits per heavy atom. The lowest BCUT2D eigenvalue weighted by Crippen LogP contribution is -2.35. The van der Waals surface area contributed by atoms with Crippen LogP contribution in [0, 0.1) is 0 Å². The minimum absolute atomic E-state index is 0.109. The second-order valence-electron chi connectivity index (χ2n) is 5.44. The number of furan rings is 2. The number of hydrogen-bond donors (Lipinski definition) is 0. The van der Waals surface area contributed by atoms with E-state index in [-0.39, 0.29) is 24.7 Å². The fourth-order valence-electron chi connectivity index (χ4n) is 2.81. The quantitative estimate of drug-likeness (QED) is 0.775. The van der Waals surface area contributed by atoms with Crippen molar-refractivity contribution < 1.29 is 37.4 Å². The van der Waals surface area contributed by atoms with E-state index in [0.717, 1.165) is 0 Å². The Labute approximate surface area is 136 Å². The number of esters is 2. The van der Waals surface area contributed by atoms with Crippen molar-refractivity contribution in [2.24, 2.45) is 0 Å². The topological polar surface area (TPSA) is 97.3 Å². The average molecular weight is 334 g/mol. The molecule has 2 aliphatic rings. The van der Waals surface area contributed by atoms with Gasteiger partial charge in [0, 0.05) is 0 Å². The molecule has 2 aromatic heterocycles. The molecule has 2 aliphatic heterocycles. The molecule has 0 unspecified atom stereocenters. The minimum Gasteiger partial charge on any atom is -0.457 e. The summed E-state index contributed by atoms with van der Waals surface area (Å²) >= 11 is 0. The highest BCUT2D eigenvalue weighted by Crippen LogP contribution is 2.31. The second-order valence-corrected chi connectivity index (χ2v) is 5.44. The summed E-state index contributed by atoms with van der Waals surface area (Å²) in [5.74, 6) is -0.961. The highest BCUT2D eigenvalue weighted by atomic mass is 16.7. The predicted molar refractivity (Wildman–Crippen MR) is 75.3 cm³/mol. The molecule has 0 bridgehead atoms. The monoisotopic (exact) mass is 334 g/mol. The average Bonchev–Trinajstić information content (AvgIpc) is 3.36. The smallest absolute Gasteiger partial charge is 0.374 e. The summed E-state index contributed by atoms with van der Waals surface area (Å²) in [6.45, 7) is 0.327. The molecule has 0 amide bonds. The highest BCUT2D eigenvalue weighted by Gasteiger charge is 2.51. The Kier molecular flexibility index (Phi) is 3.83. The van der Waals surface area contributed by atoms with Gasteiger partial charge in [-0.05, 0) is 24.3 Å². The van der Waals surface area contributed by atoms with Crippen LogP contribution in [-0.4, -0.2) is 49.6 Å². The maximum Gasteiger partial charge on any atom is 0.374 e. The number of fused-ring (bicyclic) bond motifs is 1. The third-order valence-corrected chi connectivity index (χ3v) is 3.92. The zero-order valence-corrected chi connectivity index (χ0v) is 12.5. The van der Waals surface area contributed by atoms with Crippen LogP contribution in [0.4, 0.5) is 0 Å². The molecule has 4 rings (SSSR count). The highest BCUT2D eigenvalue weighted by molar-refractivity contribution is 5.86. The summed E-state index contributed by atoms with van der Waals surface area (Å²) in [6.07, 6.45) is 0.637. The Morgan fingerprint density at radius 2 is 1.29 bits per heavy atom. The molecule has 0 N–H and O–H groups in total. The lowest BCUT2D eigenvalue weighted by molar-refractivity contribution is -0.0307. The van der Waals surface area contributed by atoms with Gasteiger partial charge in [-0.1, -0.05) is 0 Å². The lowest BCUT2D eigenvalue weighted by atomic mass is 10.1. The first-order valence-electron chi connectivity index (χ1n) is 7.44. The first kappa shape index (κ1) is 15.0. The number of carbonyl (C=O) groups is 2. The largest absolute Gasteiger partial charge is 0.457 e. The van der Waals surface area contributed by atoms with Gasteiger partial charge < -0.3 is 27.8 Å². The van der Waals surface area contributed by atoms with Crippen LogP contribution >= 0.6 is 0 Å². The lowest BCUT2D eigenvalue weighted by Gasteiger charge is -2.16. The Hall–Kier alpha value is -2.58. The van der Waals surface area contributed by atoms with Crippen molar-refractivity contribution in [3.05, 3.63) is 48.3 Å². The van der Waals surface area contributed by atoms with Crippen molar-refractivity contribution in [3.8, 4) is 0 Å². The Morgan fingerprint density at radius 3 is 1.67 bits per heavy atom. The van der Waals surface area contributed by atoms with Crippen molar-refractivity contribution in [2.45, 2.75) is 24.4 Å². The molecule has 8 nitrogen and oxygen atoms in total. The first-order chi connectivity index (χ1) is 11.7. The summed E-state index contributed by atoms with van der Waals surface area (Å²) in [7, 11) is 0. The van der Waals surface area contributed by atoms with Gasteiger partial charge in [-0.15, -0.1) is 0 Å². The second kappa shape index (κ2) is 6.14. The fraction of sp³-hybridized carbons (Fsp3) is 0.375. The fourth-order valence-corrected chi connectivity index (χ4v) is 2.81. The number of carbonyl (C=O) groups excluding carboxylic acids is 2. The van der Waals surface area contributed by atoms with Crippen LogP contribution in [0.25, 0.3) is 0 Å². The molecule has 0 saturated carbocycles. The minimum atomic E-state index is -0.589. The molecule has 2 aromatic rings. The van der Waals surface area contributed by atoms with Crippen LogP contribution in [0.15, 0.2) is 45.6 Å². The molecular formula is C16H14O8. The molecule has 4 heterocycles. The normalized spacial score (nSPS) is 28.5. The van der Waals surface area contributed by atoms with E-state index in [1.165, 1.54) is 24.7 Å². The van der Waals surface area contributed by atoms with E-state index < -0.39 is 36.4 Å². The van der Waals surface area contributed by atoms with Gasteiger partial charge in [0.15, 0.2) is 12.2 Å². The molecule has 0 spiro atoms. The molecule has 2 fully saturated rings. The molecule has 8 heteroatoms. The number of hydrogen-bond acceptors (Lipinski definition) is 8. The van der Waals surface area contributed by atoms with Gasteiger partial charge in [0.2, 0.25) is 11.5 Å². The van der Waals surface area contributed by atoms with Crippen LogP contribution in [0.5, 0.6) is 0 Å².